The van der Waals surface area contributed by atoms with Gasteiger partial charge in [0.1, 0.15) is 5.75 Å². The minimum atomic E-state index is 0. The van der Waals surface area contributed by atoms with E-state index in [9.17, 15) is 0 Å². The molecule has 0 saturated heterocycles. The van der Waals surface area contributed by atoms with E-state index in [1.54, 1.807) is 13.3 Å². The molecule has 0 fully saturated rings. The zero-order valence-corrected chi connectivity index (χ0v) is 8.04. The molecule has 0 aliphatic heterocycles. The summed E-state index contributed by atoms with van der Waals surface area (Å²) in [6, 6.07) is 7.88. The number of nitrogens with zero attached hydrogens (tertiary/aromatic N) is 1. The summed E-state index contributed by atoms with van der Waals surface area (Å²) in [5.41, 5.74) is 0. The number of fused-ring (bicyclic) bond motifs is 1. The molecule has 0 radical (unpaired) electrons. The fourth-order valence-electron chi connectivity index (χ4n) is 1.27. The number of benzene rings is 1. The number of methoxy groups -OCH3 is 1. The Morgan fingerprint density at radius 3 is 2.85 bits per heavy atom. The smallest absolute Gasteiger partial charge is 0.126 e. The molecule has 0 N–H and O–H groups in total. The van der Waals surface area contributed by atoms with Gasteiger partial charge in [0.2, 0.25) is 0 Å². The lowest BCUT2D eigenvalue weighted by Crippen LogP contribution is -1.84. The van der Waals surface area contributed by atoms with E-state index in [0.717, 1.165) is 16.5 Å². The second kappa shape index (κ2) is 4.10. The molecular formula is C10H10ClNO. The second-order valence-corrected chi connectivity index (χ2v) is 2.56. The van der Waals surface area contributed by atoms with Crippen molar-refractivity contribution in [3.8, 4) is 5.75 Å². The number of pyridine rings is 1. The Morgan fingerprint density at radius 2 is 2.08 bits per heavy atom. The van der Waals surface area contributed by atoms with Crippen molar-refractivity contribution in [2.45, 2.75) is 0 Å². The van der Waals surface area contributed by atoms with Gasteiger partial charge >= 0.3 is 0 Å². The Morgan fingerprint density at radius 1 is 1.23 bits per heavy atom. The van der Waals surface area contributed by atoms with Crippen LogP contribution in [0.2, 0.25) is 0 Å². The first-order valence-corrected chi connectivity index (χ1v) is 3.78. The van der Waals surface area contributed by atoms with Crippen molar-refractivity contribution in [3.63, 3.8) is 0 Å². The molecule has 1 heterocycles. The van der Waals surface area contributed by atoms with Crippen molar-refractivity contribution in [1.29, 1.82) is 0 Å². The van der Waals surface area contributed by atoms with Crippen LogP contribution in [0.3, 0.4) is 0 Å². The molecule has 0 saturated carbocycles. The molecule has 2 aromatic rings. The average molecular weight is 196 g/mol. The maximum absolute atomic E-state index is 5.20. The van der Waals surface area contributed by atoms with Gasteiger partial charge < -0.3 is 4.74 Å². The summed E-state index contributed by atoms with van der Waals surface area (Å²) in [5, 5.41) is 2.21. The van der Waals surface area contributed by atoms with Gasteiger partial charge in [-0.05, 0) is 12.1 Å². The maximum atomic E-state index is 5.20. The van der Waals surface area contributed by atoms with Crippen molar-refractivity contribution in [3.05, 3.63) is 36.7 Å². The standard InChI is InChI=1S/C10H9NO.ClH/c1-12-10-4-2-3-8-7-11-6-5-9(8)10;/h2-7H,1H3;1H. The van der Waals surface area contributed by atoms with Crippen LogP contribution < -0.4 is 4.74 Å². The highest BCUT2D eigenvalue weighted by molar-refractivity contribution is 5.87. The van der Waals surface area contributed by atoms with Crippen LogP contribution in [0.4, 0.5) is 0 Å². The predicted octanol–water partition coefficient (Wildman–Crippen LogP) is 2.67. The summed E-state index contributed by atoms with van der Waals surface area (Å²) in [6.45, 7) is 0. The summed E-state index contributed by atoms with van der Waals surface area (Å²) < 4.78 is 5.20. The van der Waals surface area contributed by atoms with Gasteiger partial charge in [0, 0.05) is 23.2 Å². The number of ether oxygens (including phenoxy) is 1. The summed E-state index contributed by atoms with van der Waals surface area (Å²) >= 11 is 0. The number of rotatable bonds is 1. The van der Waals surface area contributed by atoms with E-state index in [1.807, 2.05) is 30.5 Å². The summed E-state index contributed by atoms with van der Waals surface area (Å²) in [4.78, 5) is 4.03. The fourth-order valence-corrected chi connectivity index (χ4v) is 1.27. The molecule has 0 aliphatic rings. The predicted molar refractivity (Wildman–Crippen MR) is 55.5 cm³/mol. The Kier molecular flexibility index (Phi) is 3.09. The molecule has 68 valence electrons. The molecule has 0 unspecified atom stereocenters. The van der Waals surface area contributed by atoms with Crippen LogP contribution in [0, 0.1) is 0 Å². The molecule has 1 aromatic carbocycles. The molecular weight excluding hydrogens is 186 g/mol. The van der Waals surface area contributed by atoms with Crippen LogP contribution in [0.5, 0.6) is 5.75 Å². The van der Waals surface area contributed by atoms with Crippen molar-refractivity contribution < 1.29 is 4.74 Å². The quantitative estimate of drug-likeness (QED) is 0.698. The summed E-state index contributed by atoms with van der Waals surface area (Å²) in [6.07, 6.45) is 3.60. The van der Waals surface area contributed by atoms with E-state index in [0.29, 0.717) is 0 Å². The highest BCUT2D eigenvalue weighted by Crippen LogP contribution is 2.23. The van der Waals surface area contributed by atoms with Crippen LogP contribution in [-0.2, 0) is 0 Å². The Labute approximate surface area is 83.0 Å². The average Bonchev–Trinajstić information content (AvgIpc) is 2.17. The van der Waals surface area contributed by atoms with E-state index in [2.05, 4.69) is 4.98 Å². The molecule has 2 rings (SSSR count). The van der Waals surface area contributed by atoms with Gasteiger partial charge in [-0.1, -0.05) is 12.1 Å². The second-order valence-electron chi connectivity index (χ2n) is 2.56. The summed E-state index contributed by atoms with van der Waals surface area (Å²) in [7, 11) is 1.68. The largest absolute Gasteiger partial charge is 0.496 e. The molecule has 1 aromatic heterocycles. The van der Waals surface area contributed by atoms with E-state index >= 15 is 0 Å². The third kappa shape index (κ3) is 1.73. The van der Waals surface area contributed by atoms with Crippen LogP contribution in [0.1, 0.15) is 0 Å². The Bertz CT molecular complexity index is 398. The molecule has 0 amide bonds. The molecule has 2 nitrogen and oxygen atoms in total. The van der Waals surface area contributed by atoms with Crippen LogP contribution in [0.25, 0.3) is 10.8 Å². The first kappa shape index (κ1) is 9.81. The lowest BCUT2D eigenvalue weighted by molar-refractivity contribution is 0.420. The monoisotopic (exact) mass is 195 g/mol. The van der Waals surface area contributed by atoms with Gasteiger partial charge in [-0.15, -0.1) is 12.4 Å². The van der Waals surface area contributed by atoms with Gasteiger partial charge in [0.15, 0.2) is 0 Å². The third-order valence-electron chi connectivity index (χ3n) is 1.86. The number of halogens is 1. The molecule has 13 heavy (non-hydrogen) atoms. The molecule has 0 aliphatic carbocycles. The molecule has 0 atom stereocenters. The van der Waals surface area contributed by atoms with Crippen molar-refractivity contribution in [2.24, 2.45) is 0 Å². The zero-order chi connectivity index (χ0) is 8.39. The van der Waals surface area contributed by atoms with Gasteiger partial charge in [-0.2, -0.15) is 0 Å². The first-order valence-electron chi connectivity index (χ1n) is 3.78. The molecule has 3 heteroatoms. The Hall–Kier alpha value is -1.28. The van der Waals surface area contributed by atoms with Crippen LogP contribution in [0.15, 0.2) is 36.7 Å². The highest BCUT2D eigenvalue weighted by atomic mass is 35.5. The van der Waals surface area contributed by atoms with E-state index in [-0.39, 0.29) is 12.4 Å². The van der Waals surface area contributed by atoms with Crippen LogP contribution in [-0.4, -0.2) is 12.1 Å². The SMILES string of the molecule is COc1cccc2cnccc12.Cl. The van der Waals surface area contributed by atoms with E-state index < -0.39 is 0 Å². The number of hydrogen-bond donors (Lipinski definition) is 0. The minimum absolute atomic E-state index is 0. The number of hydrogen-bond acceptors (Lipinski definition) is 2. The highest BCUT2D eigenvalue weighted by Gasteiger charge is 1.97. The lowest BCUT2D eigenvalue weighted by Gasteiger charge is -2.02. The summed E-state index contributed by atoms with van der Waals surface area (Å²) in [5.74, 6) is 0.898. The zero-order valence-electron chi connectivity index (χ0n) is 7.23. The van der Waals surface area contributed by atoms with E-state index in [4.69, 9.17) is 4.74 Å². The Balaban J connectivity index is 0.000000845. The van der Waals surface area contributed by atoms with Crippen molar-refractivity contribution in [1.82, 2.24) is 4.98 Å². The van der Waals surface area contributed by atoms with Gasteiger partial charge in [-0.25, -0.2) is 0 Å². The number of aromatic nitrogens is 1. The fraction of sp³-hybridized carbons (Fsp3) is 0.100. The van der Waals surface area contributed by atoms with Crippen molar-refractivity contribution in [2.75, 3.05) is 7.11 Å². The molecule has 0 bridgehead atoms. The molecule has 0 spiro atoms. The van der Waals surface area contributed by atoms with Gasteiger partial charge in [0.25, 0.3) is 0 Å². The maximum Gasteiger partial charge on any atom is 0.126 e. The van der Waals surface area contributed by atoms with Gasteiger partial charge in [-0.3, -0.25) is 4.98 Å². The van der Waals surface area contributed by atoms with Gasteiger partial charge in [0.05, 0.1) is 7.11 Å². The lowest BCUT2D eigenvalue weighted by atomic mass is 10.2. The van der Waals surface area contributed by atoms with E-state index in [1.165, 1.54) is 0 Å². The third-order valence-corrected chi connectivity index (χ3v) is 1.86. The first-order chi connectivity index (χ1) is 5.92. The normalized spacial score (nSPS) is 9.31. The topological polar surface area (TPSA) is 22.1 Å². The van der Waals surface area contributed by atoms with Crippen LogP contribution >= 0.6 is 12.4 Å². The minimum Gasteiger partial charge on any atom is -0.496 e. The van der Waals surface area contributed by atoms with Crippen molar-refractivity contribution >= 4 is 23.2 Å².